The van der Waals surface area contributed by atoms with E-state index in [1.165, 1.54) is 0 Å². The van der Waals surface area contributed by atoms with Gasteiger partial charge in [0, 0.05) is 16.7 Å². The van der Waals surface area contributed by atoms with Gasteiger partial charge in [-0.2, -0.15) is 0 Å². The summed E-state index contributed by atoms with van der Waals surface area (Å²) in [6.45, 7) is 2.07. The van der Waals surface area contributed by atoms with Crippen LogP contribution < -0.4 is 0 Å². The molecule has 1 aliphatic rings. The fourth-order valence-corrected chi connectivity index (χ4v) is 2.40. The Morgan fingerprint density at radius 1 is 0.826 bits per heavy atom. The number of ether oxygens (including phenoxy) is 1. The maximum absolute atomic E-state index is 12.7. The molecule has 23 heavy (non-hydrogen) atoms. The molecule has 2 aromatic carbocycles. The maximum atomic E-state index is 12.7. The van der Waals surface area contributed by atoms with Crippen LogP contribution in [0.3, 0.4) is 0 Å². The van der Waals surface area contributed by atoms with Crippen molar-refractivity contribution >= 4 is 11.6 Å². The SMILES string of the molecule is CCOC1=C(C#Cc2ccccc2)C(=O)c2ccccc2C1=O. The van der Waals surface area contributed by atoms with Crippen LogP contribution in [0.25, 0.3) is 0 Å². The Morgan fingerprint density at radius 2 is 1.43 bits per heavy atom. The van der Waals surface area contributed by atoms with Gasteiger partial charge < -0.3 is 4.74 Å². The third-order valence-corrected chi connectivity index (χ3v) is 3.47. The fourth-order valence-electron chi connectivity index (χ4n) is 2.40. The maximum Gasteiger partial charge on any atom is 0.229 e. The van der Waals surface area contributed by atoms with Gasteiger partial charge in [0.2, 0.25) is 11.6 Å². The molecule has 0 atom stereocenters. The van der Waals surface area contributed by atoms with Gasteiger partial charge in [0.15, 0.2) is 5.76 Å². The fraction of sp³-hybridized carbons (Fsp3) is 0.100. The molecule has 3 rings (SSSR count). The van der Waals surface area contributed by atoms with Gasteiger partial charge in [0.25, 0.3) is 0 Å². The number of benzene rings is 2. The summed E-state index contributed by atoms with van der Waals surface area (Å²) in [5.74, 6) is 5.23. The molecule has 1 aliphatic carbocycles. The zero-order valence-electron chi connectivity index (χ0n) is 12.6. The first-order chi connectivity index (χ1) is 11.2. The molecule has 0 heterocycles. The normalized spacial score (nSPS) is 13.3. The Morgan fingerprint density at radius 3 is 2.09 bits per heavy atom. The minimum absolute atomic E-state index is 0.0413. The van der Waals surface area contributed by atoms with Crippen LogP contribution in [0.5, 0.6) is 0 Å². The van der Waals surface area contributed by atoms with Crippen molar-refractivity contribution in [1.82, 2.24) is 0 Å². The summed E-state index contributed by atoms with van der Waals surface area (Å²) in [6, 6.07) is 16.1. The van der Waals surface area contributed by atoms with E-state index in [2.05, 4.69) is 11.8 Å². The molecule has 3 nitrogen and oxygen atoms in total. The number of Topliss-reactive ketones (excluding diaryl/α,β-unsaturated/α-hetero) is 2. The van der Waals surface area contributed by atoms with Crippen molar-refractivity contribution in [2.45, 2.75) is 6.92 Å². The molecule has 0 fully saturated rings. The largest absolute Gasteiger partial charge is 0.488 e. The van der Waals surface area contributed by atoms with Crippen molar-refractivity contribution < 1.29 is 14.3 Å². The molecule has 112 valence electrons. The van der Waals surface area contributed by atoms with Crippen molar-refractivity contribution in [2.24, 2.45) is 0 Å². The number of carbonyl (C=O) groups is 2. The van der Waals surface area contributed by atoms with Crippen LogP contribution in [-0.2, 0) is 4.74 Å². The summed E-state index contributed by atoms with van der Waals surface area (Å²) in [7, 11) is 0. The highest BCUT2D eigenvalue weighted by Gasteiger charge is 2.32. The van der Waals surface area contributed by atoms with Crippen LogP contribution >= 0.6 is 0 Å². The van der Waals surface area contributed by atoms with Gasteiger partial charge in [-0.25, -0.2) is 0 Å². The summed E-state index contributed by atoms with van der Waals surface area (Å²) in [5, 5.41) is 0. The number of carbonyl (C=O) groups excluding carboxylic acids is 2. The number of ketones is 2. The second kappa shape index (κ2) is 6.33. The summed E-state index contributed by atoms with van der Waals surface area (Å²) in [4.78, 5) is 25.2. The van der Waals surface area contributed by atoms with E-state index >= 15 is 0 Å². The number of fused-ring (bicyclic) bond motifs is 1. The molecule has 0 amide bonds. The minimum atomic E-state index is -0.292. The highest BCUT2D eigenvalue weighted by molar-refractivity contribution is 6.27. The van der Waals surface area contributed by atoms with Crippen LogP contribution in [0.15, 0.2) is 65.9 Å². The van der Waals surface area contributed by atoms with Crippen molar-refractivity contribution in [3.63, 3.8) is 0 Å². The summed E-state index contributed by atoms with van der Waals surface area (Å²) in [5.41, 5.74) is 1.64. The van der Waals surface area contributed by atoms with Crippen molar-refractivity contribution in [3.05, 3.63) is 82.6 Å². The van der Waals surface area contributed by atoms with Crippen LogP contribution in [-0.4, -0.2) is 18.2 Å². The van der Waals surface area contributed by atoms with Crippen molar-refractivity contribution in [3.8, 4) is 11.8 Å². The Labute approximate surface area is 134 Å². The van der Waals surface area contributed by atoms with Gasteiger partial charge in [0.05, 0.1) is 6.61 Å². The summed E-state index contributed by atoms with van der Waals surface area (Å²) in [6.07, 6.45) is 0. The third-order valence-electron chi connectivity index (χ3n) is 3.47. The third kappa shape index (κ3) is 2.79. The molecule has 0 bridgehead atoms. The van der Waals surface area contributed by atoms with Crippen LogP contribution in [0.2, 0.25) is 0 Å². The molecule has 0 saturated heterocycles. The van der Waals surface area contributed by atoms with E-state index in [4.69, 9.17) is 4.74 Å². The van der Waals surface area contributed by atoms with Gasteiger partial charge in [-0.15, -0.1) is 0 Å². The highest BCUT2D eigenvalue weighted by atomic mass is 16.5. The van der Waals surface area contributed by atoms with Crippen LogP contribution in [0, 0.1) is 11.8 Å². The predicted octanol–water partition coefficient (Wildman–Crippen LogP) is 3.41. The second-order valence-corrected chi connectivity index (χ2v) is 4.96. The molecule has 0 aromatic heterocycles. The lowest BCUT2D eigenvalue weighted by Crippen LogP contribution is -2.23. The lowest BCUT2D eigenvalue weighted by molar-refractivity contribution is 0.0885. The van der Waals surface area contributed by atoms with Gasteiger partial charge in [-0.1, -0.05) is 54.3 Å². The Balaban J connectivity index is 2.12. The summed E-state index contributed by atoms with van der Waals surface area (Å²) >= 11 is 0. The van der Waals surface area contributed by atoms with Gasteiger partial charge in [-0.3, -0.25) is 9.59 Å². The lowest BCUT2D eigenvalue weighted by atomic mass is 9.88. The van der Waals surface area contributed by atoms with E-state index in [1.54, 1.807) is 31.2 Å². The average molecular weight is 302 g/mol. The molecule has 0 radical (unpaired) electrons. The number of rotatable bonds is 2. The van der Waals surface area contributed by atoms with Crippen molar-refractivity contribution in [2.75, 3.05) is 6.61 Å². The quantitative estimate of drug-likeness (QED) is 0.799. The Kier molecular flexibility index (Phi) is 4.07. The summed E-state index contributed by atoms with van der Waals surface area (Å²) < 4.78 is 5.43. The zero-order valence-corrected chi connectivity index (χ0v) is 12.6. The molecule has 2 aromatic rings. The first-order valence-electron chi connectivity index (χ1n) is 7.35. The highest BCUT2D eigenvalue weighted by Crippen LogP contribution is 2.26. The van der Waals surface area contributed by atoms with E-state index < -0.39 is 0 Å². The van der Waals surface area contributed by atoms with E-state index in [-0.39, 0.29) is 22.9 Å². The van der Waals surface area contributed by atoms with Crippen LogP contribution in [0.1, 0.15) is 33.2 Å². The van der Waals surface area contributed by atoms with Crippen molar-refractivity contribution in [1.29, 1.82) is 0 Å². The second-order valence-electron chi connectivity index (χ2n) is 4.96. The Bertz CT molecular complexity index is 865. The lowest BCUT2D eigenvalue weighted by Gasteiger charge is -2.17. The number of hydrogen-bond acceptors (Lipinski definition) is 3. The molecular weight excluding hydrogens is 288 g/mol. The predicted molar refractivity (Wildman–Crippen MR) is 87.1 cm³/mol. The Hall–Kier alpha value is -3.12. The molecule has 3 heteroatoms. The molecule has 0 saturated carbocycles. The first kappa shape index (κ1) is 14.8. The average Bonchev–Trinajstić information content (AvgIpc) is 2.60. The molecule has 0 N–H and O–H groups in total. The van der Waals surface area contributed by atoms with Gasteiger partial charge >= 0.3 is 0 Å². The van der Waals surface area contributed by atoms with Crippen LogP contribution in [0.4, 0.5) is 0 Å². The standard InChI is InChI=1S/C20H14O3/c1-2-23-20-17(13-12-14-8-4-3-5-9-14)18(21)15-10-6-7-11-16(15)19(20)22/h3-11H,2H2,1H3. The van der Waals surface area contributed by atoms with E-state index in [1.807, 2.05) is 30.3 Å². The molecule has 0 aliphatic heterocycles. The topological polar surface area (TPSA) is 43.4 Å². The molecule has 0 unspecified atom stereocenters. The van der Waals surface area contributed by atoms with E-state index in [0.717, 1.165) is 5.56 Å². The zero-order chi connectivity index (χ0) is 16.2. The minimum Gasteiger partial charge on any atom is -0.488 e. The van der Waals surface area contributed by atoms with E-state index in [9.17, 15) is 9.59 Å². The van der Waals surface area contributed by atoms with E-state index in [0.29, 0.717) is 17.7 Å². The monoisotopic (exact) mass is 302 g/mol. The first-order valence-corrected chi connectivity index (χ1v) is 7.35. The van der Waals surface area contributed by atoms with Gasteiger partial charge in [0.1, 0.15) is 5.57 Å². The smallest absolute Gasteiger partial charge is 0.229 e. The van der Waals surface area contributed by atoms with Gasteiger partial charge in [-0.05, 0) is 19.1 Å². The number of allylic oxidation sites excluding steroid dienone is 2. The molecule has 0 spiro atoms. The molecular formula is C20H14O3. The number of hydrogen-bond donors (Lipinski definition) is 0.